The van der Waals surface area contributed by atoms with Crippen molar-refractivity contribution in [2.75, 3.05) is 0 Å². The molecule has 5 aromatic carbocycles. The van der Waals surface area contributed by atoms with Gasteiger partial charge in [0.2, 0.25) is 0 Å². The number of hydrogen-bond donors (Lipinski definition) is 2. The average molecular weight is 623 g/mol. The van der Waals surface area contributed by atoms with E-state index in [0.717, 1.165) is 37.3 Å². The first-order chi connectivity index (χ1) is 20.0. The van der Waals surface area contributed by atoms with Gasteiger partial charge < -0.3 is 9.72 Å². The van der Waals surface area contributed by atoms with Gasteiger partial charge in [0.25, 0.3) is 5.91 Å². The molecule has 0 fully saturated rings. The Hall–Kier alpha value is -4.72. The number of carbonyl (C=O) groups is 2. The van der Waals surface area contributed by atoms with E-state index >= 15 is 0 Å². The van der Waals surface area contributed by atoms with Gasteiger partial charge in [-0.05, 0) is 41.3 Å². The zero-order chi connectivity index (χ0) is 28.3. The first-order valence-electron chi connectivity index (χ1n) is 12.7. The second-order valence-corrected chi connectivity index (χ2v) is 10.5. The van der Waals surface area contributed by atoms with Gasteiger partial charge >= 0.3 is 5.97 Å². The minimum atomic E-state index is -0.602. The highest BCUT2D eigenvalue weighted by Crippen LogP contribution is 2.36. The summed E-state index contributed by atoms with van der Waals surface area (Å²) in [7, 11) is 0. The second-order valence-electron chi connectivity index (χ2n) is 9.20. The summed E-state index contributed by atoms with van der Waals surface area (Å²) in [6.07, 6.45) is 1.43. The lowest BCUT2D eigenvalue weighted by Crippen LogP contribution is -2.19. The van der Waals surface area contributed by atoms with Crippen LogP contribution in [0.3, 0.4) is 0 Å². The van der Waals surface area contributed by atoms with Gasteiger partial charge in [-0.15, -0.1) is 0 Å². The van der Waals surface area contributed by atoms with Crippen LogP contribution in [0.4, 0.5) is 0 Å². The largest absolute Gasteiger partial charge is 0.422 e. The number of hydrazone groups is 1. The number of ether oxygens (including phenoxy) is 1. The van der Waals surface area contributed by atoms with Crippen LogP contribution in [-0.2, 0) is 0 Å². The zero-order valence-electron chi connectivity index (χ0n) is 21.4. The molecule has 0 radical (unpaired) electrons. The van der Waals surface area contributed by atoms with Gasteiger partial charge in [-0.3, -0.25) is 4.79 Å². The smallest absolute Gasteiger partial charge is 0.345 e. The number of aromatic amines is 1. The minimum Gasteiger partial charge on any atom is -0.422 e. The molecule has 0 aliphatic carbocycles. The van der Waals surface area contributed by atoms with Gasteiger partial charge in [0.1, 0.15) is 11.4 Å². The van der Waals surface area contributed by atoms with E-state index in [9.17, 15) is 9.59 Å². The number of nitrogens with one attached hydrogen (secondary N) is 2. The van der Waals surface area contributed by atoms with E-state index in [2.05, 4.69) is 37.5 Å². The Labute approximate surface area is 248 Å². The van der Waals surface area contributed by atoms with Crippen molar-refractivity contribution < 1.29 is 14.3 Å². The third-order valence-electron chi connectivity index (χ3n) is 6.63. The molecule has 8 heteroatoms. The zero-order valence-corrected chi connectivity index (χ0v) is 23.7. The number of halogens is 2. The summed E-state index contributed by atoms with van der Waals surface area (Å²) in [5.41, 5.74) is 6.31. The maximum absolute atomic E-state index is 13.5. The fourth-order valence-corrected chi connectivity index (χ4v) is 5.31. The van der Waals surface area contributed by atoms with E-state index in [0.29, 0.717) is 11.3 Å². The van der Waals surface area contributed by atoms with Crippen molar-refractivity contribution in [3.63, 3.8) is 0 Å². The molecular formula is C33H21BrClN3O3. The van der Waals surface area contributed by atoms with Crippen molar-refractivity contribution >= 4 is 67.3 Å². The van der Waals surface area contributed by atoms with Crippen molar-refractivity contribution in [2.24, 2.45) is 5.10 Å². The molecule has 2 N–H and O–H groups in total. The highest BCUT2D eigenvalue weighted by atomic mass is 79.9. The number of nitrogens with zero attached hydrogens (tertiary/aromatic N) is 1. The fraction of sp³-hybridized carbons (Fsp3) is 0. The molecule has 200 valence electrons. The summed E-state index contributed by atoms with van der Waals surface area (Å²) < 4.78 is 6.36. The van der Waals surface area contributed by atoms with Gasteiger partial charge in [0.05, 0.1) is 22.3 Å². The first-order valence-corrected chi connectivity index (χ1v) is 13.9. The van der Waals surface area contributed by atoms with Crippen molar-refractivity contribution in [3.05, 3.63) is 136 Å². The molecule has 0 spiro atoms. The van der Waals surface area contributed by atoms with Crippen LogP contribution in [0.5, 0.6) is 5.75 Å². The monoisotopic (exact) mass is 621 g/mol. The molecule has 6 nitrogen and oxygen atoms in total. The van der Waals surface area contributed by atoms with Crippen LogP contribution in [0, 0.1) is 0 Å². The topological polar surface area (TPSA) is 83.5 Å². The average Bonchev–Trinajstić information content (AvgIpc) is 3.39. The van der Waals surface area contributed by atoms with Gasteiger partial charge in [-0.2, -0.15) is 5.10 Å². The van der Waals surface area contributed by atoms with Crippen LogP contribution in [0.2, 0.25) is 5.02 Å². The summed E-state index contributed by atoms with van der Waals surface area (Å²) in [5.74, 6) is -0.752. The number of hydrogen-bond acceptors (Lipinski definition) is 4. The summed E-state index contributed by atoms with van der Waals surface area (Å²) in [6, 6.07) is 33.6. The number of carbonyl (C=O) groups excluding carboxylic acids is 2. The lowest BCUT2D eigenvalue weighted by atomic mass is 9.99. The predicted octanol–water partition coefficient (Wildman–Crippen LogP) is 8.39. The molecule has 6 aromatic rings. The number of benzene rings is 5. The number of H-pyrrole nitrogens is 1. The summed E-state index contributed by atoms with van der Waals surface area (Å²) >= 11 is 9.60. The normalized spacial score (nSPS) is 11.3. The second kappa shape index (κ2) is 11.4. The van der Waals surface area contributed by atoms with Crippen LogP contribution in [0.15, 0.2) is 119 Å². The molecule has 0 saturated carbocycles. The number of esters is 1. The summed E-state index contributed by atoms with van der Waals surface area (Å²) in [4.78, 5) is 29.6. The van der Waals surface area contributed by atoms with E-state index in [1.54, 1.807) is 42.5 Å². The molecular weight excluding hydrogens is 602 g/mol. The molecule has 1 aromatic heterocycles. The Morgan fingerprint density at radius 1 is 0.854 bits per heavy atom. The molecule has 0 aliphatic rings. The molecule has 1 heterocycles. The lowest BCUT2D eigenvalue weighted by Gasteiger charge is -2.09. The van der Waals surface area contributed by atoms with Gasteiger partial charge in [-0.25, -0.2) is 10.2 Å². The van der Waals surface area contributed by atoms with E-state index in [4.69, 9.17) is 16.3 Å². The minimum absolute atomic E-state index is 0.244. The third kappa shape index (κ3) is 5.37. The maximum atomic E-state index is 13.5. The first kappa shape index (κ1) is 26.5. The standard InChI is InChI=1S/C33H21BrClN3O3/c34-23-15-17-28(41-33(40)25-12-6-7-13-27(25)35)22(18-23)19-36-38-32(39)31-29(21-9-2-1-3-10-21)26-16-14-20-8-4-5-11-24(20)30(26)37-31/h1-19,37H,(H,38,39). The molecule has 41 heavy (non-hydrogen) atoms. The molecule has 0 saturated heterocycles. The number of rotatable bonds is 6. The van der Waals surface area contributed by atoms with Crippen molar-refractivity contribution in [3.8, 4) is 16.9 Å². The van der Waals surface area contributed by atoms with E-state index in [1.807, 2.05) is 60.7 Å². The van der Waals surface area contributed by atoms with Crippen molar-refractivity contribution in [1.82, 2.24) is 10.4 Å². The summed E-state index contributed by atoms with van der Waals surface area (Å²) in [6.45, 7) is 0. The van der Waals surface area contributed by atoms with Crippen molar-refractivity contribution in [1.29, 1.82) is 0 Å². The lowest BCUT2D eigenvalue weighted by molar-refractivity contribution is 0.0734. The Kier molecular flexibility index (Phi) is 7.37. The van der Waals surface area contributed by atoms with Crippen LogP contribution in [0.25, 0.3) is 32.8 Å². The summed E-state index contributed by atoms with van der Waals surface area (Å²) in [5, 5.41) is 7.51. The van der Waals surface area contributed by atoms with Crippen LogP contribution < -0.4 is 10.2 Å². The van der Waals surface area contributed by atoms with Gasteiger partial charge in [-0.1, -0.05) is 106 Å². The quantitative estimate of drug-likeness (QED) is 0.0847. The Balaban J connectivity index is 1.32. The molecule has 6 rings (SSSR count). The molecule has 0 unspecified atom stereocenters. The highest BCUT2D eigenvalue weighted by Gasteiger charge is 2.20. The Morgan fingerprint density at radius 3 is 2.44 bits per heavy atom. The number of amides is 1. The molecule has 0 aliphatic heterocycles. The predicted molar refractivity (Wildman–Crippen MR) is 167 cm³/mol. The van der Waals surface area contributed by atoms with E-state index in [1.165, 1.54) is 6.21 Å². The number of aromatic nitrogens is 1. The van der Waals surface area contributed by atoms with Gasteiger partial charge in [0, 0.05) is 26.4 Å². The van der Waals surface area contributed by atoms with E-state index in [-0.39, 0.29) is 16.3 Å². The van der Waals surface area contributed by atoms with E-state index < -0.39 is 11.9 Å². The number of fused-ring (bicyclic) bond motifs is 3. The van der Waals surface area contributed by atoms with Crippen LogP contribution in [-0.4, -0.2) is 23.1 Å². The molecule has 1 amide bonds. The third-order valence-corrected chi connectivity index (χ3v) is 7.45. The maximum Gasteiger partial charge on any atom is 0.345 e. The Morgan fingerprint density at radius 2 is 1.61 bits per heavy atom. The van der Waals surface area contributed by atoms with Crippen LogP contribution in [0.1, 0.15) is 26.4 Å². The molecule has 0 atom stereocenters. The fourth-order valence-electron chi connectivity index (χ4n) is 4.72. The SMILES string of the molecule is O=C(Oc1ccc(Br)cc1C=NNC(=O)c1[nH]c2c(ccc3ccccc32)c1-c1ccccc1)c1ccccc1Cl. The highest BCUT2D eigenvalue weighted by molar-refractivity contribution is 9.10. The Bertz CT molecular complexity index is 1970. The van der Waals surface area contributed by atoms with Crippen LogP contribution >= 0.6 is 27.5 Å². The van der Waals surface area contributed by atoms with Crippen molar-refractivity contribution in [2.45, 2.75) is 0 Å². The molecule has 0 bridgehead atoms. The van der Waals surface area contributed by atoms with Gasteiger partial charge in [0.15, 0.2) is 0 Å².